The molecular weight excluding hydrogens is 280 g/mol. The zero-order chi connectivity index (χ0) is 16.0. The van der Waals surface area contributed by atoms with E-state index in [1.165, 1.54) is 0 Å². The highest BCUT2D eigenvalue weighted by Gasteiger charge is 2.62. The zero-order valence-corrected chi connectivity index (χ0v) is 13.2. The monoisotopic (exact) mass is 302 g/mol. The van der Waals surface area contributed by atoms with E-state index >= 15 is 0 Å². The van der Waals surface area contributed by atoms with Crippen molar-refractivity contribution < 1.29 is 19.4 Å². The third-order valence-electron chi connectivity index (χ3n) is 5.06. The molecule has 1 aliphatic carbocycles. The van der Waals surface area contributed by atoms with Crippen LogP contribution in [0.1, 0.15) is 39.0 Å². The average Bonchev–Trinajstić information content (AvgIpc) is 2.91. The molecule has 118 valence electrons. The third-order valence-corrected chi connectivity index (χ3v) is 5.06. The Balaban J connectivity index is 2.01. The van der Waals surface area contributed by atoms with Crippen molar-refractivity contribution in [3.63, 3.8) is 0 Å². The second-order valence-corrected chi connectivity index (χ2v) is 6.60. The van der Waals surface area contributed by atoms with Gasteiger partial charge in [-0.15, -0.1) is 0 Å². The molecule has 1 aliphatic heterocycles. The minimum Gasteiger partial charge on any atom is -0.394 e. The number of aliphatic hydroxyl groups excluding tert-OH is 1. The lowest BCUT2D eigenvalue weighted by Gasteiger charge is -2.46. The van der Waals surface area contributed by atoms with Gasteiger partial charge in [-0.2, -0.15) is 0 Å². The lowest BCUT2D eigenvalue weighted by atomic mass is 9.63. The number of aliphatic hydroxyl groups is 1. The van der Waals surface area contributed by atoms with Gasteiger partial charge in [-0.1, -0.05) is 36.4 Å². The van der Waals surface area contributed by atoms with Crippen LogP contribution in [0.4, 0.5) is 0 Å². The molecular formula is C18H22O4. The van der Waals surface area contributed by atoms with Gasteiger partial charge in [0.15, 0.2) is 12.1 Å². The smallest absolute Gasteiger partial charge is 0.185 e. The Morgan fingerprint density at radius 1 is 1.27 bits per heavy atom. The van der Waals surface area contributed by atoms with E-state index in [1.807, 2.05) is 57.2 Å². The zero-order valence-electron chi connectivity index (χ0n) is 13.2. The number of rotatable bonds is 2. The SMILES string of the molecule is CC1=CC[C@]2(O[C@@H](c3ccccc3)O[C@H]2CO)C(C)(C)C1=O. The molecule has 0 radical (unpaired) electrons. The van der Waals surface area contributed by atoms with Gasteiger partial charge in [-0.05, 0) is 32.8 Å². The molecule has 1 fully saturated rings. The Morgan fingerprint density at radius 3 is 2.59 bits per heavy atom. The summed E-state index contributed by atoms with van der Waals surface area (Å²) in [5.74, 6) is 0.0505. The first-order valence-electron chi connectivity index (χ1n) is 7.63. The molecule has 0 aromatic heterocycles. The summed E-state index contributed by atoms with van der Waals surface area (Å²) in [5.41, 5.74) is 0.0631. The molecule has 4 heteroatoms. The van der Waals surface area contributed by atoms with Crippen molar-refractivity contribution in [2.24, 2.45) is 5.41 Å². The molecule has 3 rings (SSSR count). The Morgan fingerprint density at radius 2 is 1.95 bits per heavy atom. The molecule has 2 aliphatic rings. The number of Topliss-reactive ketones (excluding diaryl/α,β-unsaturated/α-hetero) is 1. The van der Waals surface area contributed by atoms with Crippen LogP contribution in [0.25, 0.3) is 0 Å². The number of ether oxygens (including phenoxy) is 2. The van der Waals surface area contributed by atoms with Crippen LogP contribution in [-0.4, -0.2) is 29.2 Å². The quantitative estimate of drug-likeness (QED) is 0.912. The van der Waals surface area contributed by atoms with Crippen LogP contribution in [0.15, 0.2) is 42.0 Å². The number of hydrogen-bond acceptors (Lipinski definition) is 4. The summed E-state index contributed by atoms with van der Waals surface area (Å²) in [6, 6.07) is 9.62. The molecule has 0 saturated carbocycles. The maximum absolute atomic E-state index is 12.6. The van der Waals surface area contributed by atoms with Gasteiger partial charge in [0.05, 0.1) is 12.0 Å². The van der Waals surface area contributed by atoms with E-state index in [9.17, 15) is 9.90 Å². The molecule has 1 aromatic carbocycles. The first-order chi connectivity index (χ1) is 10.4. The molecule has 0 amide bonds. The van der Waals surface area contributed by atoms with E-state index in [2.05, 4.69) is 0 Å². The highest BCUT2D eigenvalue weighted by atomic mass is 16.7. The van der Waals surface area contributed by atoms with Crippen LogP contribution >= 0.6 is 0 Å². The van der Waals surface area contributed by atoms with Gasteiger partial charge in [0.2, 0.25) is 0 Å². The first-order valence-corrected chi connectivity index (χ1v) is 7.63. The van der Waals surface area contributed by atoms with Crippen molar-refractivity contribution in [2.75, 3.05) is 6.61 Å². The molecule has 3 atom stereocenters. The standard InChI is InChI=1S/C18H22O4/c1-12-9-10-18(17(2,3)15(12)20)14(11-19)21-16(22-18)13-7-5-4-6-8-13/h4-9,14,16,19H,10-11H2,1-3H3/t14-,16-,18+/m0/s1. The summed E-state index contributed by atoms with van der Waals surface area (Å²) >= 11 is 0. The second-order valence-electron chi connectivity index (χ2n) is 6.60. The Labute approximate surface area is 130 Å². The molecule has 1 aromatic rings. The molecule has 4 nitrogen and oxygen atoms in total. The molecule has 0 unspecified atom stereocenters. The highest BCUT2D eigenvalue weighted by molar-refractivity contribution is 6.01. The predicted molar refractivity (Wildman–Crippen MR) is 82.1 cm³/mol. The molecule has 1 saturated heterocycles. The van der Waals surface area contributed by atoms with Crippen molar-refractivity contribution in [1.82, 2.24) is 0 Å². The highest BCUT2D eigenvalue weighted by Crippen LogP contribution is 2.53. The van der Waals surface area contributed by atoms with Gasteiger partial charge >= 0.3 is 0 Å². The van der Waals surface area contributed by atoms with E-state index in [0.717, 1.165) is 11.1 Å². The van der Waals surface area contributed by atoms with Gasteiger partial charge in [-0.3, -0.25) is 4.79 Å². The summed E-state index contributed by atoms with van der Waals surface area (Å²) in [6.45, 7) is 5.42. The Hall–Kier alpha value is -1.49. The molecule has 0 bridgehead atoms. The lowest BCUT2D eigenvalue weighted by molar-refractivity contribution is -0.158. The number of ketones is 1. The van der Waals surface area contributed by atoms with E-state index in [1.54, 1.807) is 0 Å². The summed E-state index contributed by atoms with van der Waals surface area (Å²) in [6.07, 6.45) is 1.37. The van der Waals surface area contributed by atoms with Crippen molar-refractivity contribution in [3.8, 4) is 0 Å². The summed E-state index contributed by atoms with van der Waals surface area (Å²) in [7, 11) is 0. The second kappa shape index (κ2) is 5.30. The summed E-state index contributed by atoms with van der Waals surface area (Å²) < 4.78 is 12.2. The van der Waals surface area contributed by atoms with Gasteiger partial charge in [0, 0.05) is 5.56 Å². The lowest BCUT2D eigenvalue weighted by Crippen LogP contribution is -2.58. The molecule has 1 N–H and O–H groups in total. The third kappa shape index (κ3) is 2.06. The largest absolute Gasteiger partial charge is 0.394 e. The van der Waals surface area contributed by atoms with E-state index in [0.29, 0.717) is 6.42 Å². The van der Waals surface area contributed by atoms with E-state index < -0.39 is 23.4 Å². The van der Waals surface area contributed by atoms with Gasteiger partial charge in [0.25, 0.3) is 0 Å². The minimum absolute atomic E-state index is 0.0505. The van der Waals surface area contributed by atoms with E-state index in [-0.39, 0.29) is 12.4 Å². The summed E-state index contributed by atoms with van der Waals surface area (Å²) in [4.78, 5) is 12.6. The molecule has 22 heavy (non-hydrogen) atoms. The average molecular weight is 302 g/mol. The number of carbonyl (C=O) groups excluding carboxylic acids is 1. The van der Waals surface area contributed by atoms with E-state index in [4.69, 9.17) is 9.47 Å². The number of benzene rings is 1. The Kier molecular flexibility index (Phi) is 3.71. The maximum atomic E-state index is 12.6. The fraction of sp³-hybridized carbons (Fsp3) is 0.500. The predicted octanol–water partition coefficient (Wildman–Crippen LogP) is 2.78. The Bertz CT molecular complexity index is 605. The number of allylic oxidation sites excluding steroid dienone is 1. The molecule has 1 spiro atoms. The fourth-order valence-corrected chi connectivity index (χ4v) is 3.57. The van der Waals surface area contributed by atoms with Crippen LogP contribution in [0.5, 0.6) is 0 Å². The minimum atomic E-state index is -0.834. The maximum Gasteiger partial charge on any atom is 0.185 e. The summed E-state index contributed by atoms with van der Waals surface area (Å²) in [5, 5.41) is 9.80. The van der Waals surface area contributed by atoms with Crippen molar-refractivity contribution in [2.45, 2.75) is 45.2 Å². The number of hydrogen-bond donors (Lipinski definition) is 1. The number of carbonyl (C=O) groups is 1. The van der Waals surface area contributed by atoms with Crippen LogP contribution in [0.3, 0.4) is 0 Å². The first kappa shape index (κ1) is 15.4. The van der Waals surface area contributed by atoms with Crippen LogP contribution in [-0.2, 0) is 14.3 Å². The normalized spacial score (nSPS) is 34.0. The van der Waals surface area contributed by atoms with Crippen molar-refractivity contribution >= 4 is 5.78 Å². The fourth-order valence-electron chi connectivity index (χ4n) is 3.57. The van der Waals surface area contributed by atoms with Crippen LogP contribution in [0.2, 0.25) is 0 Å². The van der Waals surface area contributed by atoms with Gasteiger partial charge < -0.3 is 14.6 Å². The van der Waals surface area contributed by atoms with Crippen molar-refractivity contribution in [1.29, 1.82) is 0 Å². The topological polar surface area (TPSA) is 55.8 Å². The van der Waals surface area contributed by atoms with Gasteiger partial charge in [0.1, 0.15) is 11.7 Å². The van der Waals surface area contributed by atoms with Crippen molar-refractivity contribution in [3.05, 3.63) is 47.5 Å². The van der Waals surface area contributed by atoms with Crippen LogP contribution < -0.4 is 0 Å². The molecule has 1 heterocycles. The van der Waals surface area contributed by atoms with Gasteiger partial charge in [-0.25, -0.2) is 0 Å². The van der Waals surface area contributed by atoms with Crippen LogP contribution in [0, 0.1) is 5.41 Å².